The van der Waals surface area contributed by atoms with Crippen LogP contribution in [0.25, 0.3) is 10.8 Å². The van der Waals surface area contributed by atoms with Gasteiger partial charge in [-0.2, -0.15) is 0 Å². The van der Waals surface area contributed by atoms with Gasteiger partial charge in [-0.1, -0.05) is 31.2 Å². The number of aliphatic hydroxyl groups excluding tert-OH is 2. The molecule has 0 aliphatic heterocycles. The molecule has 4 N–H and O–H groups in total. The normalized spacial score (nSPS) is 11.6. The lowest BCUT2D eigenvalue weighted by molar-refractivity contribution is 0.0699. The Morgan fingerprint density at radius 2 is 1.71 bits per heavy atom. The van der Waals surface area contributed by atoms with Gasteiger partial charge in [0, 0.05) is 11.1 Å². The number of carboxylic acid groups (broad SMARTS) is 1. The van der Waals surface area contributed by atoms with Gasteiger partial charge in [-0.05, 0) is 23.9 Å². The molecule has 0 unspecified atom stereocenters. The number of aromatic carboxylic acids is 1. The van der Waals surface area contributed by atoms with Crippen molar-refractivity contribution in [3.63, 3.8) is 0 Å². The van der Waals surface area contributed by atoms with E-state index < -0.39 is 11.5 Å². The van der Waals surface area contributed by atoms with Crippen molar-refractivity contribution in [3.8, 4) is 0 Å². The van der Waals surface area contributed by atoms with Crippen LogP contribution in [0.5, 0.6) is 0 Å². The summed E-state index contributed by atoms with van der Waals surface area (Å²) in [5.74, 6) is -0.983. The third kappa shape index (κ3) is 2.84. The number of hydrogen-bond donors (Lipinski definition) is 4. The van der Waals surface area contributed by atoms with E-state index in [0.29, 0.717) is 17.5 Å². The van der Waals surface area contributed by atoms with Crippen LogP contribution in [0, 0.1) is 0 Å². The van der Waals surface area contributed by atoms with Crippen molar-refractivity contribution >= 4 is 22.4 Å². The summed E-state index contributed by atoms with van der Waals surface area (Å²) in [5, 5.41) is 32.8. The average Bonchev–Trinajstić information content (AvgIpc) is 2.52. The van der Waals surface area contributed by atoms with Gasteiger partial charge in [0.2, 0.25) is 0 Å². The fourth-order valence-electron chi connectivity index (χ4n) is 2.32. The van der Waals surface area contributed by atoms with E-state index in [1.807, 2.05) is 19.1 Å². The van der Waals surface area contributed by atoms with E-state index in [4.69, 9.17) is 0 Å². The van der Waals surface area contributed by atoms with E-state index >= 15 is 0 Å². The molecule has 0 amide bonds. The Hall–Kier alpha value is -2.11. The molecule has 0 atom stereocenters. The molecule has 0 aliphatic carbocycles. The van der Waals surface area contributed by atoms with Crippen molar-refractivity contribution in [3.05, 3.63) is 42.0 Å². The van der Waals surface area contributed by atoms with Crippen LogP contribution in [0.4, 0.5) is 5.69 Å². The molecule has 2 rings (SSSR count). The van der Waals surface area contributed by atoms with Crippen molar-refractivity contribution in [2.24, 2.45) is 0 Å². The van der Waals surface area contributed by atoms with Crippen molar-refractivity contribution in [2.45, 2.75) is 18.9 Å². The van der Waals surface area contributed by atoms with E-state index in [-0.39, 0.29) is 18.8 Å². The van der Waals surface area contributed by atoms with Crippen LogP contribution in [-0.2, 0) is 0 Å². The van der Waals surface area contributed by atoms with Crippen molar-refractivity contribution in [1.29, 1.82) is 0 Å². The molecule has 2 aromatic carbocycles. The summed E-state index contributed by atoms with van der Waals surface area (Å²) in [4.78, 5) is 11.3. The van der Waals surface area contributed by atoms with Crippen LogP contribution in [-0.4, -0.2) is 40.0 Å². The lowest BCUT2D eigenvalue weighted by Gasteiger charge is -2.31. The largest absolute Gasteiger partial charge is 0.478 e. The number of nitrogens with one attached hydrogen (secondary N) is 1. The third-order valence-electron chi connectivity index (χ3n) is 3.84. The molecule has 0 aromatic heterocycles. The highest BCUT2D eigenvalue weighted by molar-refractivity contribution is 6.07. The molecular formula is C16H19NO4. The highest BCUT2D eigenvalue weighted by Gasteiger charge is 2.27. The van der Waals surface area contributed by atoms with E-state index in [2.05, 4.69) is 5.32 Å². The second-order valence-electron chi connectivity index (χ2n) is 5.09. The zero-order valence-electron chi connectivity index (χ0n) is 11.8. The molecule has 0 spiro atoms. The first kappa shape index (κ1) is 15.3. The van der Waals surface area contributed by atoms with Gasteiger partial charge in [-0.25, -0.2) is 4.79 Å². The standard InChI is InChI=1S/C16H19NO4/c1-2-16(9-18,10-19)17-14-8-7-13(15(20)21)11-5-3-4-6-12(11)14/h3-8,17-19H,2,9-10H2,1H3,(H,20,21). The number of aliphatic hydroxyl groups is 2. The van der Waals surface area contributed by atoms with Crippen LogP contribution in [0.1, 0.15) is 23.7 Å². The summed E-state index contributed by atoms with van der Waals surface area (Å²) in [7, 11) is 0. The fourth-order valence-corrected chi connectivity index (χ4v) is 2.32. The molecule has 2 aromatic rings. The van der Waals surface area contributed by atoms with Crippen molar-refractivity contribution in [2.75, 3.05) is 18.5 Å². The quantitative estimate of drug-likeness (QED) is 0.654. The first-order chi connectivity index (χ1) is 10.1. The summed E-state index contributed by atoms with van der Waals surface area (Å²) >= 11 is 0. The second kappa shape index (κ2) is 6.11. The lowest BCUT2D eigenvalue weighted by atomic mass is 9.96. The number of hydrogen-bond acceptors (Lipinski definition) is 4. The third-order valence-corrected chi connectivity index (χ3v) is 3.84. The number of rotatable bonds is 6. The molecule has 21 heavy (non-hydrogen) atoms. The Morgan fingerprint density at radius 1 is 1.10 bits per heavy atom. The fraction of sp³-hybridized carbons (Fsp3) is 0.312. The number of carbonyl (C=O) groups is 1. The maximum atomic E-state index is 11.3. The van der Waals surface area contributed by atoms with Gasteiger partial charge in [-0.15, -0.1) is 0 Å². The average molecular weight is 289 g/mol. The van der Waals surface area contributed by atoms with Gasteiger partial charge < -0.3 is 20.6 Å². The molecule has 0 aliphatic rings. The Balaban J connectivity index is 2.56. The minimum atomic E-state index is -0.983. The summed E-state index contributed by atoms with van der Waals surface area (Å²) in [6.45, 7) is 1.44. The minimum absolute atomic E-state index is 0.213. The number of anilines is 1. The Labute approximate surface area is 122 Å². The second-order valence-corrected chi connectivity index (χ2v) is 5.09. The van der Waals surface area contributed by atoms with E-state index in [1.54, 1.807) is 18.2 Å². The molecule has 0 bridgehead atoms. The van der Waals surface area contributed by atoms with Gasteiger partial charge in [0.25, 0.3) is 0 Å². The van der Waals surface area contributed by atoms with E-state index in [1.165, 1.54) is 6.07 Å². The first-order valence-electron chi connectivity index (χ1n) is 6.82. The number of benzene rings is 2. The summed E-state index contributed by atoms with van der Waals surface area (Å²) < 4.78 is 0. The smallest absolute Gasteiger partial charge is 0.336 e. The van der Waals surface area contributed by atoms with E-state index in [9.17, 15) is 20.1 Å². The maximum Gasteiger partial charge on any atom is 0.336 e. The molecule has 5 nitrogen and oxygen atoms in total. The van der Waals surface area contributed by atoms with Gasteiger partial charge in [0.05, 0.1) is 24.3 Å². The van der Waals surface area contributed by atoms with Crippen LogP contribution in [0.2, 0.25) is 0 Å². The molecule has 5 heteroatoms. The molecule has 0 radical (unpaired) electrons. The summed E-state index contributed by atoms with van der Waals surface area (Å²) in [5.41, 5.74) is 0.0971. The zero-order chi connectivity index (χ0) is 15.5. The van der Waals surface area contributed by atoms with Gasteiger partial charge in [0.1, 0.15) is 0 Å². The van der Waals surface area contributed by atoms with Crippen LogP contribution < -0.4 is 5.32 Å². The molecular weight excluding hydrogens is 270 g/mol. The first-order valence-corrected chi connectivity index (χ1v) is 6.82. The van der Waals surface area contributed by atoms with Crippen molar-refractivity contribution < 1.29 is 20.1 Å². The Kier molecular flexibility index (Phi) is 4.45. The molecule has 0 saturated carbocycles. The minimum Gasteiger partial charge on any atom is -0.478 e. The lowest BCUT2D eigenvalue weighted by Crippen LogP contribution is -2.45. The van der Waals surface area contributed by atoms with Crippen molar-refractivity contribution in [1.82, 2.24) is 0 Å². The number of fused-ring (bicyclic) bond motifs is 1. The maximum absolute atomic E-state index is 11.3. The molecule has 0 heterocycles. The predicted octanol–water partition coefficient (Wildman–Crippen LogP) is 2.08. The SMILES string of the molecule is CCC(CO)(CO)Nc1ccc(C(=O)O)c2ccccc12. The molecule has 0 saturated heterocycles. The number of carboxylic acids is 1. The molecule has 0 fully saturated rings. The molecule has 112 valence electrons. The highest BCUT2D eigenvalue weighted by Crippen LogP contribution is 2.29. The Morgan fingerprint density at radius 3 is 2.24 bits per heavy atom. The van der Waals surface area contributed by atoms with Crippen LogP contribution in [0.15, 0.2) is 36.4 Å². The Bertz CT molecular complexity index is 642. The summed E-state index contributed by atoms with van der Waals surface area (Å²) in [6, 6.07) is 10.4. The zero-order valence-corrected chi connectivity index (χ0v) is 11.8. The van der Waals surface area contributed by atoms with E-state index in [0.717, 1.165) is 5.39 Å². The van der Waals surface area contributed by atoms with Crippen LogP contribution >= 0.6 is 0 Å². The van der Waals surface area contributed by atoms with Gasteiger partial charge in [-0.3, -0.25) is 0 Å². The van der Waals surface area contributed by atoms with Gasteiger partial charge in [0.15, 0.2) is 0 Å². The summed E-state index contributed by atoms with van der Waals surface area (Å²) in [6.07, 6.45) is 0.537. The highest BCUT2D eigenvalue weighted by atomic mass is 16.4. The topological polar surface area (TPSA) is 89.8 Å². The van der Waals surface area contributed by atoms with Crippen LogP contribution in [0.3, 0.4) is 0 Å². The monoisotopic (exact) mass is 289 g/mol. The predicted molar refractivity (Wildman–Crippen MR) is 81.7 cm³/mol. The van der Waals surface area contributed by atoms with Gasteiger partial charge >= 0.3 is 5.97 Å².